The Kier molecular flexibility index (Phi) is 3.85. The van der Waals surface area contributed by atoms with E-state index in [1.54, 1.807) is 18.2 Å². The Morgan fingerprint density at radius 3 is 2.67 bits per heavy atom. The van der Waals surface area contributed by atoms with E-state index in [9.17, 15) is 5.11 Å². The molecule has 0 aliphatic carbocycles. The molecule has 0 aliphatic heterocycles. The maximum atomic E-state index is 9.38. The molecule has 2 rings (SSSR count). The van der Waals surface area contributed by atoms with E-state index < -0.39 is 0 Å². The van der Waals surface area contributed by atoms with Gasteiger partial charge in [-0.1, -0.05) is 30.3 Å². The van der Waals surface area contributed by atoms with E-state index in [-0.39, 0.29) is 11.8 Å². The predicted octanol–water partition coefficient (Wildman–Crippen LogP) is 2.99. The van der Waals surface area contributed by atoms with Crippen LogP contribution in [0.15, 0.2) is 48.5 Å². The molecule has 0 aromatic heterocycles. The van der Waals surface area contributed by atoms with Crippen LogP contribution in [0.2, 0.25) is 0 Å². The highest BCUT2D eigenvalue weighted by molar-refractivity contribution is 5.36. The van der Waals surface area contributed by atoms with Gasteiger partial charge in [0.05, 0.1) is 0 Å². The maximum absolute atomic E-state index is 9.38. The first kappa shape index (κ1) is 12.5. The van der Waals surface area contributed by atoms with Gasteiger partial charge in [0.25, 0.3) is 0 Å². The maximum Gasteiger partial charge on any atom is 0.124 e. The van der Waals surface area contributed by atoms with Gasteiger partial charge in [-0.25, -0.2) is 0 Å². The van der Waals surface area contributed by atoms with E-state index in [1.165, 1.54) is 0 Å². The average molecular weight is 243 g/mol. The third-order valence-electron chi connectivity index (χ3n) is 2.71. The summed E-state index contributed by atoms with van der Waals surface area (Å²) in [6, 6.07) is 14.7. The zero-order chi connectivity index (χ0) is 13.0. The minimum absolute atomic E-state index is 0.0645. The summed E-state index contributed by atoms with van der Waals surface area (Å²) >= 11 is 0. The van der Waals surface area contributed by atoms with Crippen molar-refractivity contribution in [3.05, 3.63) is 59.7 Å². The second kappa shape index (κ2) is 5.56. The number of rotatable bonds is 4. The van der Waals surface area contributed by atoms with Crippen LogP contribution in [0.3, 0.4) is 0 Å². The number of hydrogen-bond acceptors (Lipinski definition) is 3. The first-order valence-electron chi connectivity index (χ1n) is 5.92. The molecule has 0 bridgehead atoms. The Morgan fingerprint density at radius 2 is 1.94 bits per heavy atom. The third kappa shape index (κ3) is 3.02. The van der Waals surface area contributed by atoms with Crippen LogP contribution in [0.1, 0.15) is 24.1 Å². The van der Waals surface area contributed by atoms with Crippen LogP contribution < -0.4 is 10.5 Å². The first-order valence-corrected chi connectivity index (χ1v) is 5.92. The van der Waals surface area contributed by atoms with E-state index in [4.69, 9.17) is 10.5 Å². The minimum atomic E-state index is -0.0645. The molecular formula is C15H17NO2. The number of hydrogen-bond donors (Lipinski definition) is 2. The van der Waals surface area contributed by atoms with Gasteiger partial charge in [0, 0.05) is 11.6 Å². The molecule has 0 radical (unpaired) electrons. The van der Waals surface area contributed by atoms with E-state index in [1.807, 2.05) is 37.3 Å². The molecule has 94 valence electrons. The summed E-state index contributed by atoms with van der Waals surface area (Å²) < 4.78 is 5.75. The van der Waals surface area contributed by atoms with E-state index in [2.05, 4.69) is 0 Å². The smallest absolute Gasteiger partial charge is 0.124 e. The zero-order valence-corrected chi connectivity index (χ0v) is 10.3. The number of aromatic hydroxyl groups is 1. The van der Waals surface area contributed by atoms with Crippen LogP contribution in [0.25, 0.3) is 0 Å². The molecule has 0 amide bonds. The minimum Gasteiger partial charge on any atom is -0.508 e. The van der Waals surface area contributed by atoms with Crippen LogP contribution in [0, 0.1) is 0 Å². The lowest BCUT2D eigenvalue weighted by Gasteiger charge is -2.13. The number of benzene rings is 2. The summed E-state index contributed by atoms with van der Waals surface area (Å²) in [7, 11) is 0. The number of para-hydroxylation sites is 1. The van der Waals surface area contributed by atoms with Crippen molar-refractivity contribution in [2.24, 2.45) is 5.73 Å². The van der Waals surface area contributed by atoms with Crippen molar-refractivity contribution in [2.45, 2.75) is 19.6 Å². The molecule has 2 aromatic rings. The SMILES string of the molecule is C[C@@H](N)c1ccccc1OCc1cccc(O)c1. The molecule has 0 fully saturated rings. The van der Waals surface area contributed by atoms with Crippen LogP contribution in [0.5, 0.6) is 11.5 Å². The summed E-state index contributed by atoms with van der Waals surface area (Å²) in [5, 5.41) is 9.38. The lowest BCUT2D eigenvalue weighted by molar-refractivity contribution is 0.301. The van der Waals surface area contributed by atoms with Gasteiger partial charge in [-0.2, -0.15) is 0 Å². The normalized spacial score (nSPS) is 12.1. The predicted molar refractivity (Wildman–Crippen MR) is 71.5 cm³/mol. The van der Waals surface area contributed by atoms with Gasteiger partial charge in [0.15, 0.2) is 0 Å². The standard InChI is InChI=1S/C15H17NO2/c1-11(16)14-7-2-3-8-15(14)18-10-12-5-4-6-13(17)9-12/h2-9,11,17H,10,16H2,1H3/t11-/m1/s1. The fraction of sp³-hybridized carbons (Fsp3) is 0.200. The highest BCUT2D eigenvalue weighted by atomic mass is 16.5. The fourth-order valence-electron chi connectivity index (χ4n) is 1.80. The fourth-order valence-corrected chi connectivity index (χ4v) is 1.80. The number of phenols is 1. The molecule has 0 saturated heterocycles. The van der Waals surface area contributed by atoms with E-state index in [0.717, 1.165) is 16.9 Å². The average Bonchev–Trinajstić information content (AvgIpc) is 2.37. The molecule has 0 spiro atoms. The Labute approximate surface area is 107 Å². The van der Waals surface area contributed by atoms with Crippen molar-refractivity contribution in [3.8, 4) is 11.5 Å². The quantitative estimate of drug-likeness (QED) is 0.868. The van der Waals surface area contributed by atoms with Crippen molar-refractivity contribution >= 4 is 0 Å². The van der Waals surface area contributed by atoms with E-state index in [0.29, 0.717) is 6.61 Å². The van der Waals surface area contributed by atoms with Crippen LogP contribution in [-0.4, -0.2) is 5.11 Å². The molecule has 2 aromatic carbocycles. The molecule has 3 heteroatoms. The molecule has 3 nitrogen and oxygen atoms in total. The molecule has 3 N–H and O–H groups in total. The van der Waals surface area contributed by atoms with Gasteiger partial charge in [-0.05, 0) is 30.7 Å². The molecular weight excluding hydrogens is 226 g/mol. The molecule has 0 aliphatic rings. The van der Waals surface area contributed by atoms with Gasteiger partial charge >= 0.3 is 0 Å². The van der Waals surface area contributed by atoms with Gasteiger partial charge in [0.2, 0.25) is 0 Å². The summed E-state index contributed by atoms with van der Waals surface area (Å²) in [6.07, 6.45) is 0. The highest BCUT2D eigenvalue weighted by Gasteiger charge is 2.07. The Hall–Kier alpha value is -2.00. The van der Waals surface area contributed by atoms with Crippen LogP contribution >= 0.6 is 0 Å². The van der Waals surface area contributed by atoms with Gasteiger partial charge < -0.3 is 15.6 Å². The van der Waals surface area contributed by atoms with Crippen molar-refractivity contribution in [1.29, 1.82) is 0 Å². The second-order valence-corrected chi connectivity index (χ2v) is 4.29. The van der Waals surface area contributed by atoms with Gasteiger partial charge in [-0.3, -0.25) is 0 Å². The first-order chi connectivity index (χ1) is 8.66. The van der Waals surface area contributed by atoms with Gasteiger partial charge in [0.1, 0.15) is 18.1 Å². The molecule has 1 atom stereocenters. The van der Waals surface area contributed by atoms with Crippen molar-refractivity contribution in [1.82, 2.24) is 0 Å². The topological polar surface area (TPSA) is 55.5 Å². The number of phenolic OH excluding ortho intramolecular Hbond substituents is 1. The Balaban J connectivity index is 2.11. The number of nitrogens with two attached hydrogens (primary N) is 1. The van der Waals surface area contributed by atoms with Crippen LogP contribution in [0.4, 0.5) is 0 Å². The Morgan fingerprint density at radius 1 is 1.17 bits per heavy atom. The Bertz CT molecular complexity index is 523. The van der Waals surface area contributed by atoms with Crippen molar-refractivity contribution in [2.75, 3.05) is 0 Å². The summed E-state index contributed by atoms with van der Waals surface area (Å²) in [6.45, 7) is 2.34. The number of ether oxygens (including phenoxy) is 1. The third-order valence-corrected chi connectivity index (χ3v) is 2.71. The van der Waals surface area contributed by atoms with Crippen molar-refractivity contribution < 1.29 is 9.84 Å². The molecule has 0 saturated carbocycles. The highest BCUT2D eigenvalue weighted by Crippen LogP contribution is 2.24. The monoisotopic (exact) mass is 243 g/mol. The van der Waals surface area contributed by atoms with Gasteiger partial charge in [-0.15, -0.1) is 0 Å². The lowest BCUT2D eigenvalue weighted by Crippen LogP contribution is -2.07. The summed E-state index contributed by atoms with van der Waals surface area (Å²) in [5.74, 6) is 1.03. The molecule has 0 heterocycles. The van der Waals surface area contributed by atoms with E-state index >= 15 is 0 Å². The molecule has 18 heavy (non-hydrogen) atoms. The largest absolute Gasteiger partial charge is 0.508 e. The zero-order valence-electron chi connectivity index (χ0n) is 10.3. The van der Waals surface area contributed by atoms with Crippen LogP contribution in [-0.2, 0) is 6.61 Å². The lowest BCUT2D eigenvalue weighted by atomic mass is 10.1. The second-order valence-electron chi connectivity index (χ2n) is 4.29. The van der Waals surface area contributed by atoms with Crippen molar-refractivity contribution in [3.63, 3.8) is 0 Å². The summed E-state index contributed by atoms with van der Waals surface area (Å²) in [4.78, 5) is 0. The molecule has 0 unspecified atom stereocenters. The summed E-state index contributed by atoms with van der Waals surface area (Å²) in [5.41, 5.74) is 7.80.